The van der Waals surface area contributed by atoms with Crippen LogP contribution in [0.3, 0.4) is 0 Å². The smallest absolute Gasteiger partial charge is 0.328 e. The van der Waals surface area contributed by atoms with Gasteiger partial charge >= 0.3 is 5.97 Å². The molecule has 1 aliphatic rings. The molecule has 2 aromatic rings. The Morgan fingerprint density at radius 3 is 2.52 bits per heavy atom. The van der Waals surface area contributed by atoms with E-state index in [9.17, 15) is 9.90 Å². The summed E-state index contributed by atoms with van der Waals surface area (Å²) in [6, 6.07) is 6.54. The van der Waals surface area contributed by atoms with E-state index in [1.165, 1.54) is 6.08 Å². The van der Waals surface area contributed by atoms with Gasteiger partial charge in [-0.25, -0.2) is 14.8 Å². The Labute approximate surface area is 184 Å². The predicted octanol–water partition coefficient (Wildman–Crippen LogP) is 4.67. The molecular formula is C24H32N4O3. The number of aryl methyl sites for hydroxylation is 1. The van der Waals surface area contributed by atoms with E-state index in [4.69, 9.17) is 4.74 Å². The Kier molecular flexibility index (Phi) is 8.00. The van der Waals surface area contributed by atoms with Gasteiger partial charge in [0.15, 0.2) is 0 Å². The molecule has 0 radical (unpaired) electrons. The first-order valence-electron chi connectivity index (χ1n) is 11.1. The fraction of sp³-hybridized carbons (Fsp3) is 0.458. The van der Waals surface area contributed by atoms with E-state index in [0.29, 0.717) is 12.5 Å². The van der Waals surface area contributed by atoms with E-state index < -0.39 is 5.97 Å². The molecule has 7 heteroatoms. The topological polar surface area (TPSA) is 87.6 Å². The average molecular weight is 425 g/mol. The molecule has 1 aromatic carbocycles. The summed E-state index contributed by atoms with van der Waals surface area (Å²) in [7, 11) is 0. The highest BCUT2D eigenvalue weighted by atomic mass is 16.5. The van der Waals surface area contributed by atoms with Gasteiger partial charge < -0.3 is 20.1 Å². The Morgan fingerprint density at radius 1 is 1.23 bits per heavy atom. The molecule has 1 fully saturated rings. The number of benzene rings is 1. The molecule has 3 rings (SSSR count). The highest BCUT2D eigenvalue weighted by molar-refractivity contribution is 5.91. The lowest BCUT2D eigenvalue weighted by Crippen LogP contribution is -2.39. The van der Waals surface area contributed by atoms with E-state index in [0.717, 1.165) is 73.0 Å². The summed E-state index contributed by atoms with van der Waals surface area (Å²) in [6.07, 6.45) is 8.27. The molecule has 0 aliphatic carbocycles. The summed E-state index contributed by atoms with van der Waals surface area (Å²) in [5.74, 6) is -0.133. The van der Waals surface area contributed by atoms with Crippen LogP contribution in [0, 0.1) is 0 Å². The monoisotopic (exact) mass is 424 g/mol. The number of ether oxygens (including phenoxy) is 1. The van der Waals surface area contributed by atoms with Gasteiger partial charge in [-0.1, -0.05) is 19.9 Å². The maximum Gasteiger partial charge on any atom is 0.328 e. The van der Waals surface area contributed by atoms with Crippen LogP contribution in [0.1, 0.15) is 51.4 Å². The first-order valence-corrected chi connectivity index (χ1v) is 11.1. The van der Waals surface area contributed by atoms with Crippen LogP contribution in [-0.4, -0.2) is 46.8 Å². The third kappa shape index (κ3) is 5.82. The number of carboxylic acids is 1. The molecule has 2 N–H and O–H groups in total. The third-order valence-electron chi connectivity index (χ3n) is 5.63. The van der Waals surface area contributed by atoms with Gasteiger partial charge in [-0.15, -0.1) is 0 Å². The van der Waals surface area contributed by atoms with Crippen molar-refractivity contribution in [2.24, 2.45) is 0 Å². The van der Waals surface area contributed by atoms with Gasteiger partial charge in [-0.05, 0) is 49.5 Å². The molecular weight excluding hydrogens is 392 g/mol. The number of rotatable bonds is 9. The van der Waals surface area contributed by atoms with Gasteiger partial charge in [-0.3, -0.25) is 0 Å². The number of nitrogens with zero attached hydrogens (tertiary/aromatic N) is 3. The standard InChI is InChI=1S/C24H32N4O3/c1-4-17(14-24(29)30)18-7-8-22(28(6-3)20-9-11-31-12-10-20)21(13-18)27-19-15-25-23(5-2)26-16-19/h7-8,13-16,20,27H,4-6,9-12H2,1-3H3,(H,29,30)/b17-14+. The molecule has 31 heavy (non-hydrogen) atoms. The van der Waals surface area contributed by atoms with Gasteiger partial charge in [0.25, 0.3) is 0 Å². The maximum absolute atomic E-state index is 11.3. The fourth-order valence-electron chi connectivity index (χ4n) is 4.00. The molecule has 166 valence electrons. The van der Waals surface area contributed by atoms with Crippen molar-refractivity contribution in [2.75, 3.05) is 30.0 Å². The zero-order valence-corrected chi connectivity index (χ0v) is 18.6. The minimum Gasteiger partial charge on any atom is -0.478 e. The van der Waals surface area contributed by atoms with Crippen LogP contribution in [0.2, 0.25) is 0 Å². The Balaban J connectivity index is 2.02. The number of anilines is 3. The lowest BCUT2D eigenvalue weighted by molar-refractivity contribution is -0.131. The van der Waals surface area contributed by atoms with Crippen molar-refractivity contribution in [3.63, 3.8) is 0 Å². The zero-order valence-electron chi connectivity index (χ0n) is 18.6. The maximum atomic E-state index is 11.3. The van der Waals surface area contributed by atoms with Crippen LogP contribution in [0.25, 0.3) is 5.57 Å². The number of aliphatic carboxylic acids is 1. The first-order chi connectivity index (χ1) is 15.0. The van der Waals surface area contributed by atoms with Gasteiger partial charge in [0.05, 0.1) is 29.5 Å². The van der Waals surface area contributed by atoms with Crippen LogP contribution in [0.5, 0.6) is 0 Å². The van der Waals surface area contributed by atoms with E-state index in [1.54, 1.807) is 12.4 Å². The summed E-state index contributed by atoms with van der Waals surface area (Å²) >= 11 is 0. The number of hydrogen-bond donors (Lipinski definition) is 2. The van der Waals surface area contributed by atoms with Crippen molar-refractivity contribution in [3.05, 3.63) is 48.1 Å². The number of hydrogen-bond acceptors (Lipinski definition) is 6. The quantitative estimate of drug-likeness (QED) is 0.566. The molecule has 0 bridgehead atoms. The van der Waals surface area contributed by atoms with Crippen molar-refractivity contribution < 1.29 is 14.6 Å². The molecule has 1 saturated heterocycles. The number of carbonyl (C=O) groups is 1. The van der Waals surface area contributed by atoms with Crippen molar-refractivity contribution in [1.29, 1.82) is 0 Å². The number of nitrogens with one attached hydrogen (secondary N) is 1. The lowest BCUT2D eigenvalue weighted by atomic mass is 10.00. The first kappa shape index (κ1) is 22.7. The summed E-state index contributed by atoms with van der Waals surface area (Å²) in [5.41, 5.74) is 4.49. The second-order valence-corrected chi connectivity index (χ2v) is 7.59. The van der Waals surface area contributed by atoms with Crippen LogP contribution in [-0.2, 0) is 16.0 Å². The zero-order chi connectivity index (χ0) is 22.2. The molecule has 0 spiro atoms. The summed E-state index contributed by atoms with van der Waals surface area (Å²) < 4.78 is 5.56. The van der Waals surface area contributed by atoms with Crippen molar-refractivity contribution in [3.8, 4) is 0 Å². The number of allylic oxidation sites excluding steroid dienone is 1. The highest BCUT2D eigenvalue weighted by Crippen LogP contribution is 2.35. The second-order valence-electron chi connectivity index (χ2n) is 7.59. The average Bonchev–Trinajstić information content (AvgIpc) is 2.80. The minimum absolute atomic E-state index is 0.407. The van der Waals surface area contributed by atoms with Crippen LogP contribution in [0.4, 0.5) is 17.1 Å². The van der Waals surface area contributed by atoms with Crippen LogP contribution >= 0.6 is 0 Å². The SMILES string of the molecule is CC/C(=C\C(=O)O)c1ccc(N(CC)C2CCOCC2)c(Nc2cnc(CC)nc2)c1. The number of aromatic nitrogens is 2. The summed E-state index contributed by atoms with van der Waals surface area (Å²) in [6.45, 7) is 8.57. The van der Waals surface area contributed by atoms with Crippen LogP contribution < -0.4 is 10.2 Å². The highest BCUT2D eigenvalue weighted by Gasteiger charge is 2.23. The Hall–Kier alpha value is -2.93. The van der Waals surface area contributed by atoms with E-state index in [1.807, 2.05) is 26.0 Å². The van der Waals surface area contributed by atoms with Crippen molar-refractivity contribution in [2.45, 2.75) is 52.5 Å². The van der Waals surface area contributed by atoms with Crippen LogP contribution in [0.15, 0.2) is 36.7 Å². The van der Waals surface area contributed by atoms with Crippen molar-refractivity contribution >= 4 is 28.6 Å². The molecule has 0 atom stereocenters. The summed E-state index contributed by atoms with van der Waals surface area (Å²) in [4.78, 5) is 22.5. The van der Waals surface area contributed by atoms with E-state index >= 15 is 0 Å². The molecule has 1 aromatic heterocycles. The van der Waals surface area contributed by atoms with Gasteiger partial charge in [0.2, 0.25) is 0 Å². The van der Waals surface area contributed by atoms with Gasteiger partial charge in [0, 0.05) is 38.3 Å². The van der Waals surface area contributed by atoms with Gasteiger partial charge in [0.1, 0.15) is 5.82 Å². The lowest BCUT2D eigenvalue weighted by Gasteiger charge is -2.36. The molecule has 0 unspecified atom stereocenters. The molecule has 1 aliphatic heterocycles. The molecule has 0 amide bonds. The van der Waals surface area contributed by atoms with Gasteiger partial charge in [-0.2, -0.15) is 0 Å². The third-order valence-corrected chi connectivity index (χ3v) is 5.63. The summed E-state index contributed by atoms with van der Waals surface area (Å²) in [5, 5.41) is 12.7. The predicted molar refractivity (Wildman–Crippen MR) is 124 cm³/mol. The molecule has 7 nitrogen and oxygen atoms in total. The molecule has 0 saturated carbocycles. The normalized spacial score (nSPS) is 15.0. The Bertz CT molecular complexity index is 906. The Morgan fingerprint density at radius 2 is 1.94 bits per heavy atom. The minimum atomic E-state index is -0.934. The van der Waals surface area contributed by atoms with E-state index in [2.05, 4.69) is 33.2 Å². The van der Waals surface area contributed by atoms with E-state index in [-0.39, 0.29) is 0 Å². The second kappa shape index (κ2) is 10.9. The largest absolute Gasteiger partial charge is 0.478 e. The number of carboxylic acid groups (broad SMARTS) is 1. The molecule has 2 heterocycles. The van der Waals surface area contributed by atoms with Crippen molar-refractivity contribution in [1.82, 2.24) is 9.97 Å². The fourth-order valence-corrected chi connectivity index (χ4v) is 4.00.